The van der Waals surface area contributed by atoms with Crippen LogP contribution in [0.2, 0.25) is 0 Å². The van der Waals surface area contributed by atoms with Crippen LogP contribution in [0.25, 0.3) is 0 Å². The van der Waals surface area contributed by atoms with Gasteiger partial charge < -0.3 is 9.64 Å². The highest BCUT2D eigenvalue weighted by atomic mass is 16.6. The van der Waals surface area contributed by atoms with Crippen molar-refractivity contribution in [1.29, 1.82) is 0 Å². The topological polar surface area (TPSA) is 46.6 Å². The van der Waals surface area contributed by atoms with E-state index in [0.29, 0.717) is 0 Å². The second-order valence-corrected chi connectivity index (χ2v) is 4.80. The van der Waals surface area contributed by atoms with Gasteiger partial charge in [-0.2, -0.15) is 0 Å². The minimum Gasteiger partial charge on any atom is -0.393 e. The fourth-order valence-electron chi connectivity index (χ4n) is 2.74. The monoisotopic (exact) mass is 209 g/mol. The van der Waals surface area contributed by atoms with Gasteiger partial charge in [0.05, 0.1) is 11.8 Å². The molecule has 0 radical (unpaired) electrons. The summed E-state index contributed by atoms with van der Waals surface area (Å²) < 4.78 is 4.68. The summed E-state index contributed by atoms with van der Waals surface area (Å²) in [5.74, 6) is -0.882. The standard InChI is InChI=1S/C11H15NO3/c13-10-8-3-5-12(7-1-2-7)6-4-9(8)11(14)15-10/h7-9H,1-6H2. The van der Waals surface area contributed by atoms with E-state index < -0.39 is 0 Å². The Kier molecular flexibility index (Phi) is 2.06. The normalized spacial score (nSPS) is 37.3. The van der Waals surface area contributed by atoms with Gasteiger partial charge in [0.15, 0.2) is 0 Å². The number of rotatable bonds is 1. The summed E-state index contributed by atoms with van der Waals surface area (Å²) in [5.41, 5.74) is 0. The van der Waals surface area contributed by atoms with Crippen molar-refractivity contribution >= 4 is 11.9 Å². The molecule has 0 aromatic carbocycles. The first kappa shape index (κ1) is 9.33. The van der Waals surface area contributed by atoms with Crippen LogP contribution in [-0.4, -0.2) is 36.0 Å². The van der Waals surface area contributed by atoms with E-state index in [9.17, 15) is 9.59 Å². The second kappa shape index (κ2) is 3.30. The van der Waals surface area contributed by atoms with Crippen LogP contribution in [0.4, 0.5) is 0 Å². The Morgan fingerprint density at radius 1 is 0.933 bits per heavy atom. The van der Waals surface area contributed by atoms with Gasteiger partial charge in [0.25, 0.3) is 0 Å². The number of likely N-dealkylation sites (tertiary alicyclic amines) is 1. The molecule has 2 atom stereocenters. The van der Waals surface area contributed by atoms with Crippen molar-refractivity contribution in [3.05, 3.63) is 0 Å². The maximum absolute atomic E-state index is 11.4. The van der Waals surface area contributed by atoms with Crippen LogP contribution in [0.3, 0.4) is 0 Å². The van der Waals surface area contributed by atoms with Crippen molar-refractivity contribution in [2.45, 2.75) is 31.7 Å². The van der Waals surface area contributed by atoms with Crippen molar-refractivity contribution < 1.29 is 14.3 Å². The highest BCUT2D eigenvalue weighted by Gasteiger charge is 2.46. The Labute approximate surface area is 88.6 Å². The Morgan fingerprint density at radius 3 is 1.93 bits per heavy atom. The van der Waals surface area contributed by atoms with Crippen LogP contribution in [-0.2, 0) is 14.3 Å². The lowest BCUT2D eigenvalue weighted by Gasteiger charge is -2.18. The van der Waals surface area contributed by atoms with Crippen LogP contribution >= 0.6 is 0 Å². The third-order valence-electron chi connectivity index (χ3n) is 3.81. The van der Waals surface area contributed by atoms with E-state index in [0.717, 1.165) is 32.0 Å². The molecule has 0 amide bonds. The molecule has 0 N–H and O–H groups in total. The Bertz CT molecular complexity index is 287. The number of ether oxygens (including phenoxy) is 1. The number of nitrogens with zero attached hydrogens (tertiary/aromatic N) is 1. The number of carbonyl (C=O) groups is 2. The van der Waals surface area contributed by atoms with Gasteiger partial charge in [-0.1, -0.05) is 0 Å². The smallest absolute Gasteiger partial charge is 0.317 e. The molecule has 2 saturated heterocycles. The van der Waals surface area contributed by atoms with Crippen LogP contribution in [0.15, 0.2) is 0 Å². The van der Waals surface area contributed by atoms with E-state index in [4.69, 9.17) is 0 Å². The molecule has 3 aliphatic rings. The Hall–Kier alpha value is -0.900. The number of hydrogen-bond donors (Lipinski definition) is 0. The summed E-state index contributed by atoms with van der Waals surface area (Å²) >= 11 is 0. The highest BCUT2D eigenvalue weighted by Crippen LogP contribution is 2.35. The number of carbonyl (C=O) groups excluding carboxylic acids is 2. The number of fused-ring (bicyclic) bond motifs is 1. The molecule has 0 bridgehead atoms. The predicted octanol–water partition coefficient (Wildman–Crippen LogP) is 0.560. The molecule has 15 heavy (non-hydrogen) atoms. The lowest BCUT2D eigenvalue weighted by Crippen LogP contribution is -2.27. The summed E-state index contributed by atoms with van der Waals surface area (Å²) in [7, 11) is 0. The molecule has 82 valence electrons. The quantitative estimate of drug-likeness (QED) is 0.467. The zero-order chi connectivity index (χ0) is 10.4. The average molecular weight is 209 g/mol. The third kappa shape index (κ3) is 1.57. The van der Waals surface area contributed by atoms with Gasteiger partial charge in [-0.05, 0) is 38.8 Å². The lowest BCUT2D eigenvalue weighted by molar-refractivity contribution is -0.154. The number of cyclic esters (lactones) is 2. The van der Waals surface area contributed by atoms with Gasteiger partial charge >= 0.3 is 11.9 Å². The Balaban J connectivity index is 1.73. The minimum atomic E-state index is -0.289. The zero-order valence-electron chi connectivity index (χ0n) is 8.65. The summed E-state index contributed by atoms with van der Waals surface area (Å²) in [6, 6.07) is 0.731. The summed E-state index contributed by atoms with van der Waals surface area (Å²) in [6.45, 7) is 1.91. The van der Waals surface area contributed by atoms with Gasteiger partial charge in [0.1, 0.15) is 0 Å². The van der Waals surface area contributed by atoms with Crippen molar-refractivity contribution in [2.75, 3.05) is 13.1 Å². The fourth-order valence-corrected chi connectivity index (χ4v) is 2.74. The van der Waals surface area contributed by atoms with E-state index in [1.807, 2.05) is 0 Å². The van der Waals surface area contributed by atoms with E-state index in [1.165, 1.54) is 12.8 Å². The first-order chi connectivity index (χ1) is 7.25. The Morgan fingerprint density at radius 2 is 1.47 bits per heavy atom. The fraction of sp³-hybridized carbons (Fsp3) is 0.818. The van der Waals surface area contributed by atoms with Crippen LogP contribution in [0.1, 0.15) is 25.7 Å². The van der Waals surface area contributed by atoms with Crippen molar-refractivity contribution in [3.8, 4) is 0 Å². The molecule has 3 fully saturated rings. The number of hydrogen-bond acceptors (Lipinski definition) is 4. The molecular formula is C11H15NO3. The summed E-state index contributed by atoms with van der Waals surface area (Å²) in [4.78, 5) is 25.2. The molecule has 4 nitrogen and oxygen atoms in total. The lowest BCUT2D eigenvalue weighted by atomic mass is 9.91. The van der Waals surface area contributed by atoms with Gasteiger partial charge in [0, 0.05) is 6.04 Å². The van der Waals surface area contributed by atoms with E-state index in [1.54, 1.807) is 0 Å². The van der Waals surface area contributed by atoms with Gasteiger partial charge in [-0.15, -0.1) is 0 Å². The molecule has 2 heterocycles. The zero-order valence-corrected chi connectivity index (χ0v) is 8.65. The second-order valence-electron chi connectivity index (χ2n) is 4.80. The first-order valence-corrected chi connectivity index (χ1v) is 5.75. The van der Waals surface area contributed by atoms with Crippen LogP contribution in [0.5, 0.6) is 0 Å². The van der Waals surface area contributed by atoms with Gasteiger partial charge in [-0.3, -0.25) is 9.59 Å². The average Bonchev–Trinajstić information content (AvgIpc) is 3.00. The predicted molar refractivity (Wildman–Crippen MR) is 51.9 cm³/mol. The molecule has 1 aliphatic carbocycles. The van der Waals surface area contributed by atoms with Gasteiger partial charge in [0.2, 0.25) is 0 Å². The molecule has 0 aromatic rings. The third-order valence-corrected chi connectivity index (χ3v) is 3.81. The van der Waals surface area contributed by atoms with E-state index in [-0.39, 0.29) is 23.8 Å². The maximum Gasteiger partial charge on any atom is 0.317 e. The summed E-state index contributed by atoms with van der Waals surface area (Å²) in [6.07, 6.45) is 4.17. The molecular weight excluding hydrogens is 194 g/mol. The minimum absolute atomic E-state index is 0.152. The first-order valence-electron chi connectivity index (χ1n) is 5.75. The highest BCUT2D eigenvalue weighted by molar-refractivity contribution is 5.96. The SMILES string of the molecule is O=C1OC(=O)C2CCN(C3CC3)CCC12. The molecule has 2 aliphatic heterocycles. The summed E-state index contributed by atoms with van der Waals surface area (Å²) in [5, 5.41) is 0. The molecule has 0 aromatic heterocycles. The maximum atomic E-state index is 11.4. The largest absolute Gasteiger partial charge is 0.393 e. The van der Waals surface area contributed by atoms with Crippen LogP contribution in [0, 0.1) is 11.8 Å². The van der Waals surface area contributed by atoms with Crippen molar-refractivity contribution in [2.24, 2.45) is 11.8 Å². The van der Waals surface area contributed by atoms with E-state index >= 15 is 0 Å². The van der Waals surface area contributed by atoms with Gasteiger partial charge in [-0.25, -0.2) is 0 Å². The molecule has 4 heteroatoms. The molecule has 0 spiro atoms. The molecule has 1 saturated carbocycles. The van der Waals surface area contributed by atoms with Crippen LogP contribution < -0.4 is 0 Å². The van der Waals surface area contributed by atoms with E-state index in [2.05, 4.69) is 9.64 Å². The molecule has 2 unspecified atom stereocenters. The number of esters is 2. The molecule has 3 rings (SSSR count). The van der Waals surface area contributed by atoms with Crippen molar-refractivity contribution in [3.63, 3.8) is 0 Å². The van der Waals surface area contributed by atoms with Crippen molar-refractivity contribution in [1.82, 2.24) is 4.90 Å².